The number of benzene rings is 2. The van der Waals surface area contributed by atoms with Crippen LogP contribution in [-0.2, 0) is 17.7 Å². The van der Waals surface area contributed by atoms with E-state index in [1.807, 2.05) is 79.7 Å². The van der Waals surface area contributed by atoms with Gasteiger partial charge >= 0.3 is 6.09 Å². The van der Waals surface area contributed by atoms with Crippen LogP contribution in [-0.4, -0.2) is 45.0 Å². The average Bonchev–Trinajstić information content (AvgIpc) is 2.82. The molecule has 2 aromatic carbocycles. The van der Waals surface area contributed by atoms with Crippen molar-refractivity contribution in [3.63, 3.8) is 0 Å². The van der Waals surface area contributed by atoms with E-state index >= 15 is 0 Å². The van der Waals surface area contributed by atoms with Gasteiger partial charge in [0.1, 0.15) is 18.5 Å². The van der Waals surface area contributed by atoms with Gasteiger partial charge in [0.2, 0.25) is 5.88 Å². The van der Waals surface area contributed by atoms with Gasteiger partial charge in [-0.15, -0.1) is 0 Å². The summed E-state index contributed by atoms with van der Waals surface area (Å²) in [5.74, 6) is 1.23. The molecule has 7 heteroatoms. The maximum absolute atomic E-state index is 12.5. The molecule has 7 nitrogen and oxygen atoms in total. The van der Waals surface area contributed by atoms with Crippen LogP contribution in [0, 0.1) is 0 Å². The maximum atomic E-state index is 12.5. The smallest absolute Gasteiger partial charge is 0.407 e. The number of rotatable bonds is 10. The van der Waals surface area contributed by atoms with Crippen molar-refractivity contribution in [3.05, 3.63) is 84.1 Å². The lowest BCUT2D eigenvalue weighted by Gasteiger charge is -2.19. The lowest BCUT2D eigenvalue weighted by Crippen LogP contribution is -2.33. The van der Waals surface area contributed by atoms with Crippen LogP contribution in [0.4, 0.5) is 10.5 Å². The number of alkyl carbamates (subject to hydrolysis) is 1. The minimum Gasteiger partial charge on any atom is -0.497 e. The Hall–Kier alpha value is -3.74. The standard InChI is InChI=1S/C25H29N3O4/c1-28(2)21-12-10-19(11-13-21)17-27-25(29)32-23(18-31-24-9-4-5-14-26-24)16-20-7-6-8-22(15-20)30-3/h4-15,23H,16-18H2,1-3H3,(H,27,29). The number of methoxy groups -OCH3 is 1. The van der Waals surface area contributed by atoms with Gasteiger partial charge in [0.05, 0.1) is 7.11 Å². The van der Waals surface area contributed by atoms with Crippen LogP contribution in [0.5, 0.6) is 11.6 Å². The number of amides is 1. The quantitative estimate of drug-likeness (QED) is 0.518. The molecule has 168 valence electrons. The van der Waals surface area contributed by atoms with Crippen LogP contribution in [0.25, 0.3) is 0 Å². The molecule has 0 spiro atoms. The average molecular weight is 436 g/mol. The predicted octanol–water partition coefficient (Wildman–Crippen LogP) is 4.07. The fourth-order valence-corrected chi connectivity index (χ4v) is 3.09. The van der Waals surface area contributed by atoms with E-state index in [4.69, 9.17) is 14.2 Å². The predicted molar refractivity (Wildman–Crippen MR) is 124 cm³/mol. The molecule has 1 atom stereocenters. The Morgan fingerprint density at radius 2 is 1.84 bits per heavy atom. The summed E-state index contributed by atoms with van der Waals surface area (Å²) in [5.41, 5.74) is 3.06. The van der Waals surface area contributed by atoms with Crippen LogP contribution in [0.3, 0.4) is 0 Å². The number of nitrogens with zero attached hydrogens (tertiary/aromatic N) is 2. The monoisotopic (exact) mass is 435 g/mol. The number of ether oxygens (including phenoxy) is 3. The first-order valence-corrected chi connectivity index (χ1v) is 10.4. The molecule has 0 fully saturated rings. The molecule has 0 aliphatic carbocycles. The minimum absolute atomic E-state index is 0.180. The molecule has 1 amide bonds. The van der Waals surface area contributed by atoms with E-state index in [0.717, 1.165) is 22.6 Å². The molecule has 1 N–H and O–H groups in total. The lowest BCUT2D eigenvalue weighted by molar-refractivity contribution is 0.0636. The van der Waals surface area contributed by atoms with Gasteiger partial charge in [0, 0.05) is 45.0 Å². The highest BCUT2D eigenvalue weighted by Crippen LogP contribution is 2.16. The van der Waals surface area contributed by atoms with Gasteiger partial charge in [0.15, 0.2) is 0 Å². The van der Waals surface area contributed by atoms with Crippen molar-refractivity contribution < 1.29 is 19.0 Å². The first-order valence-electron chi connectivity index (χ1n) is 10.4. The molecule has 0 aliphatic rings. The van der Waals surface area contributed by atoms with Gasteiger partial charge in [0.25, 0.3) is 0 Å². The van der Waals surface area contributed by atoms with Gasteiger partial charge in [-0.3, -0.25) is 0 Å². The van der Waals surface area contributed by atoms with Crippen LogP contribution in [0.1, 0.15) is 11.1 Å². The van der Waals surface area contributed by atoms with Crippen LogP contribution < -0.4 is 19.7 Å². The lowest BCUT2D eigenvalue weighted by atomic mass is 10.1. The van der Waals surface area contributed by atoms with Gasteiger partial charge in [-0.25, -0.2) is 9.78 Å². The summed E-state index contributed by atoms with van der Waals surface area (Å²) in [7, 11) is 5.59. The third kappa shape index (κ3) is 7.19. The second kappa shape index (κ2) is 11.6. The largest absolute Gasteiger partial charge is 0.497 e. The van der Waals surface area contributed by atoms with E-state index in [1.54, 1.807) is 19.4 Å². The van der Waals surface area contributed by atoms with E-state index in [-0.39, 0.29) is 6.61 Å². The van der Waals surface area contributed by atoms with Crippen LogP contribution in [0.15, 0.2) is 72.9 Å². The molecule has 0 aliphatic heterocycles. The number of carbonyl (C=O) groups excluding carboxylic acids is 1. The van der Waals surface area contributed by atoms with E-state index in [9.17, 15) is 4.79 Å². The maximum Gasteiger partial charge on any atom is 0.407 e. The van der Waals surface area contributed by atoms with E-state index in [2.05, 4.69) is 10.3 Å². The Morgan fingerprint density at radius 3 is 2.53 bits per heavy atom. The zero-order chi connectivity index (χ0) is 22.8. The number of anilines is 1. The molecule has 0 bridgehead atoms. The summed E-state index contributed by atoms with van der Waals surface area (Å²) in [6, 6.07) is 21.1. The molecular formula is C25H29N3O4. The fourth-order valence-electron chi connectivity index (χ4n) is 3.09. The van der Waals surface area contributed by atoms with Crippen molar-refractivity contribution in [1.82, 2.24) is 10.3 Å². The summed E-state index contributed by atoms with van der Waals surface area (Å²) in [5, 5.41) is 2.81. The molecule has 1 unspecified atom stereocenters. The van der Waals surface area contributed by atoms with Crippen molar-refractivity contribution in [2.45, 2.75) is 19.1 Å². The summed E-state index contributed by atoms with van der Waals surface area (Å²) >= 11 is 0. The molecule has 1 aromatic heterocycles. The first-order chi connectivity index (χ1) is 15.5. The van der Waals surface area contributed by atoms with Crippen molar-refractivity contribution >= 4 is 11.8 Å². The second-order valence-electron chi connectivity index (χ2n) is 7.48. The summed E-state index contributed by atoms with van der Waals surface area (Å²) in [4.78, 5) is 18.7. The summed E-state index contributed by atoms with van der Waals surface area (Å²) in [6.45, 7) is 0.554. The Bertz CT molecular complexity index is 978. The Kier molecular flexibility index (Phi) is 8.31. The van der Waals surface area contributed by atoms with Gasteiger partial charge in [-0.2, -0.15) is 0 Å². The molecule has 0 saturated carbocycles. The van der Waals surface area contributed by atoms with Gasteiger partial charge in [-0.1, -0.05) is 30.3 Å². The third-order valence-corrected chi connectivity index (χ3v) is 4.82. The zero-order valence-electron chi connectivity index (χ0n) is 18.7. The normalized spacial score (nSPS) is 11.3. The highest BCUT2D eigenvalue weighted by molar-refractivity contribution is 5.67. The van der Waals surface area contributed by atoms with Gasteiger partial charge in [-0.05, 0) is 41.5 Å². The minimum atomic E-state index is -0.501. The van der Waals surface area contributed by atoms with Crippen molar-refractivity contribution in [2.75, 3.05) is 32.7 Å². The van der Waals surface area contributed by atoms with Crippen molar-refractivity contribution in [1.29, 1.82) is 0 Å². The van der Waals surface area contributed by atoms with E-state index < -0.39 is 12.2 Å². The number of nitrogens with one attached hydrogen (secondary N) is 1. The Balaban J connectivity index is 1.60. The molecule has 1 heterocycles. The van der Waals surface area contributed by atoms with Crippen molar-refractivity contribution in [2.24, 2.45) is 0 Å². The number of pyridine rings is 1. The Morgan fingerprint density at radius 1 is 1.03 bits per heavy atom. The SMILES string of the molecule is COc1cccc(CC(COc2ccccn2)OC(=O)NCc2ccc(N(C)C)cc2)c1. The molecule has 0 radical (unpaired) electrons. The zero-order valence-corrected chi connectivity index (χ0v) is 18.7. The number of carbonyl (C=O) groups is 1. The first kappa shape index (κ1) is 22.9. The van der Waals surface area contributed by atoms with E-state index in [1.165, 1.54) is 0 Å². The summed E-state index contributed by atoms with van der Waals surface area (Å²) in [6.07, 6.45) is 1.13. The molecule has 3 rings (SSSR count). The highest BCUT2D eigenvalue weighted by atomic mass is 16.6. The van der Waals surface area contributed by atoms with Crippen LogP contribution >= 0.6 is 0 Å². The number of hydrogen-bond acceptors (Lipinski definition) is 6. The van der Waals surface area contributed by atoms with Gasteiger partial charge < -0.3 is 24.4 Å². The molecule has 0 saturated heterocycles. The highest BCUT2D eigenvalue weighted by Gasteiger charge is 2.17. The number of aromatic nitrogens is 1. The van der Waals surface area contributed by atoms with E-state index in [0.29, 0.717) is 18.8 Å². The van der Waals surface area contributed by atoms with Crippen LogP contribution in [0.2, 0.25) is 0 Å². The fraction of sp³-hybridized carbons (Fsp3) is 0.280. The van der Waals surface area contributed by atoms with Crippen molar-refractivity contribution in [3.8, 4) is 11.6 Å². The molecule has 3 aromatic rings. The number of hydrogen-bond donors (Lipinski definition) is 1. The second-order valence-corrected chi connectivity index (χ2v) is 7.48. The summed E-state index contributed by atoms with van der Waals surface area (Å²) < 4.78 is 16.7. The topological polar surface area (TPSA) is 72.9 Å². The Labute approximate surface area is 188 Å². The third-order valence-electron chi connectivity index (χ3n) is 4.82. The molecular weight excluding hydrogens is 406 g/mol. The molecule has 32 heavy (non-hydrogen) atoms.